The van der Waals surface area contributed by atoms with Crippen molar-refractivity contribution < 1.29 is 4.74 Å². The van der Waals surface area contributed by atoms with Gasteiger partial charge in [-0.25, -0.2) is 9.97 Å². The van der Waals surface area contributed by atoms with E-state index in [-0.39, 0.29) is 0 Å². The lowest BCUT2D eigenvalue weighted by Crippen LogP contribution is -2.07. The zero-order valence-corrected chi connectivity index (χ0v) is 13.2. The second kappa shape index (κ2) is 7.07. The lowest BCUT2D eigenvalue weighted by molar-refractivity contribution is 0.416. The van der Waals surface area contributed by atoms with Gasteiger partial charge in [0.2, 0.25) is 0 Å². The fourth-order valence-electron chi connectivity index (χ4n) is 2.38. The van der Waals surface area contributed by atoms with Gasteiger partial charge in [-0.05, 0) is 31.9 Å². The van der Waals surface area contributed by atoms with E-state index in [1.165, 1.54) is 5.56 Å². The van der Waals surface area contributed by atoms with Gasteiger partial charge >= 0.3 is 0 Å². The van der Waals surface area contributed by atoms with E-state index >= 15 is 0 Å². The van der Waals surface area contributed by atoms with Gasteiger partial charge in [0.25, 0.3) is 0 Å². The van der Waals surface area contributed by atoms with E-state index in [0.717, 1.165) is 47.8 Å². The predicted octanol–water partition coefficient (Wildman–Crippen LogP) is 3.84. The standard InChI is InChI=1S/C17H23N3O/c1-5-9-18-17-13(6-2)16(19-11-20-17)14-10-12(3)7-8-15(14)21-4/h7-8,10-11H,5-6,9H2,1-4H3,(H,18,19,20). The molecular formula is C17H23N3O. The van der Waals surface area contributed by atoms with E-state index in [2.05, 4.69) is 42.1 Å². The van der Waals surface area contributed by atoms with Crippen molar-refractivity contribution in [3.8, 4) is 17.0 Å². The number of rotatable bonds is 6. The number of methoxy groups -OCH3 is 1. The van der Waals surface area contributed by atoms with Crippen LogP contribution in [-0.4, -0.2) is 23.6 Å². The lowest BCUT2D eigenvalue weighted by atomic mass is 10.0. The number of benzene rings is 1. The minimum absolute atomic E-state index is 0.843. The smallest absolute Gasteiger partial charge is 0.133 e. The van der Waals surface area contributed by atoms with Gasteiger partial charge in [0.15, 0.2) is 0 Å². The summed E-state index contributed by atoms with van der Waals surface area (Å²) in [4.78, 5) is 8.90. The number of nitrogens with one attached hydrogen (secondary N) is 1. The molecule has 0 spiro atoms. The van der Waals surface area contributed by atoms with E-state index in [9.17, 15) is 0 Å². The second-order valence-corrected chi connectivity index (χ2v) is 5.03. The first kappa shape index (κ1) is 15.3. The third-order valence-corrected chi connectivity index (χ3v) is 3.45. The van der Waals surface area contributed by atoms with E-state index in [1.54, 1.807) is 13.4 Å². The maximum atomic E-state index is 5.49. The number of aryl methyl sites for hydroxylation is 1. The highest BCUT2D eigenvalue weighted by Crippen LogP contribution is 2.33. The Morgan fingerprint density at radius 1 is 1.19 bits per heavy atom. The van der Waals surface area contributed by atoms with Crippen molar-refractivity contribution in [2.75, 3.05) is 19.0 Å². The topological polar surface area (TPSA) is 47.0 Å². The largest absolute Gasteiger partial charge is 0.496 e. The van der Waals surface area contributed by atoms with Gasteiger partial charge < -0.3 is 10.1 Å². The van der Waals surface area contributed by atoms with Crippen LogP contribution in [0.3, 0.4) is 0 Å². The van der Waals surface area contributed by atoms with Crippen LogP contribution in [0.25, 0.3) is 11.3 Å². The van der Waals surface area contributed by atoms with Gasteiger partial charge in [-0.15, -0.1) is 0 Å². The summed E-state index contributed by atoms with van der Waals surface area (Å²) in [6.07, 6.45) is 3.56. The van der Waals surface area contributed by atoms with Crippen LogP contribution in [0.15, 0.2) is 24.5 Å². The maximum Gasteiger partial charge on any atom is 0.133 e. The molecule has 1 aromatic heterocycles. The Balaban J connectivity index is 2.55. The van der Waals surface area contributed by atoms with E-state index in [4.69, 9.17) is 4.74 Å². The number of anilines is 1. The second-order valence-electron chi connectivity index (χ2n) is 5.03. The molecule has 0 unspecified atom stereocenters. The number of aromatic nitrogens is 2. The third-order valence-electron chi connectivity index (χ3n) is 3.45. The summed E-state index contributed by atoms with van der Waals surface area (Å²) >= 11 is 0. The summed E-state index contributed by atoms with van der Waals surface area (Å²) in [5.41, 5.74) is 4.30. The molecule has 0 saturated carbocycles. The highest BCUT2D eigenvalue weighted by molar-refractivity contribution is 5.74. The molecule has 2 aromatic rings. The molecule has 21 heavy (non-hydrogen) atoms. The molecule has 0 atom stereocenters. The van der Waals surface area contributed by atoms with Crippen molar-refractivity contribution in [1.29, 1.82) is 0 Å². The van der Waals surface area contributed by atoms with Crippen LogP contribution in [0.2, 0.25) is 0 Å². The minimum atomic E-state index is 0.843. The van der Waals surface area contributed by atoms with Crippen LogP contribution in [0.4, 0.5) is 5.82 Å². The first-order chi connectivity index (χ1) is 10.2. The molecule has 0 aliphatic heterocycles. The molecule has 0 radical (unpaired) electrons. The first-order valence-electron chi connectivity index (χ1n) is 7.44. The molecule has 1 N–H and O–H groups in total. The Kier molecular flexibility index (Phi) is 5.14. The van der Waals surface area contributed by atoms with Crippen LogP contribution in [0, 0.1) is 6.92 Å². The van der Waals surface area contributed by atoms with Crippen LogP contribution in [-0.2, 0) is 6.42 Å². The quantitative estimate of drug-likeness (QED) is 0.876. The molecule has 4 heteroatoms. The average Bonchev–Trinajstić information content (AvgIpc) is 2.52. The molecule has 0 saturated heterocycles. The van der Waals surface area contributed by atoms with E-state index in [0.29, 0.717) is 0 Å². The maximum absolute atomic E-state index is 5.49. The number of hydrogen-bond acceptors (Lipinski definition) is 4. The Hall–Kier alpha value is -2.10. The van der Waals surface area contributed by atoms with Crippen molar-refractivity contribution in [2.24, 2.45) is 0 Å². The SMILES string of the molecule is CCCNc1ncnc(-c2cc(C)ccc2OC)c1CC. The first-order valence-corrected chi connectivity index (χ1v) is 7.44. The summed E-state index contributed by atoms with van der Waals surface area (Å²) in [6, 6.07) is 6.15. The Bertz CT molecular complexity index is 611. The summed E-state index contributed by atoms with van der Waals surface area (Å²) in [5.74, 6) is 1.77. The van der Waals surface area contributed by atoms with Crippen LogP contribution >= 0.6 is 0 Å². The summed E-state index contributed by atoms with van der Waals surface area (Å²) in [5, 5.41) is 3.38. The molecule has 4 nitrogen and oxygen atoms in total. The van der Waals surface area contributed by atoms with Gasteiger partial charge in [0.1, 0.15) is 17.9 Å². The van der Waals surface area contributed by atoms with Crippen molar-refractivity contribution in [3.05, 3.63) is 35.7 Å². The normalized spacial score (nSPS) is 10.5. The molecule has 112 valence electrons. The lowest BCUT2D eigenvalue weighted by Gasteiger charge is -2.15. The fourth-order valence-corrected chi connectivity index (χ4v) is 2.38. The Labute approximate surface area is 126 Å². The zero-order valence-electron chi connectivity index (χ0n) is 13.2. The molecule has 2 rings (SSSR count). The predicted molar refractivity (Wildman–Crippen MR) is 86.9 cm³/mol. The minimum Gasteiger partial charge on any atom is -0.496 e. The Morgan fingerprint density at radius 3 is 2.67 bits per heavy atom. The van der Waals surface area contributed by atoms with Crippen molar-refractivity contribution in [2.45, 2.75) is 33.6 Å². The third kappa shape index (κ3) is 3.32. The molecule has 0 fully saturated rings. The highest BCUT2D eigenvalue weighted by atomic mass is 16.5. The molecule has 0 amide bonds. The molecular weight excluding hydrogens is 262 g/mol. The van der Waals surface area contributed by atoms with Gasteiger partial charge in [-0.1, -0.05) is 25.5 Å². The Morgan fingerprint density at radius 2 is 2.00 bits per heavy atom. The monoisotopic (exact) mass is 285 g/mol. The zero-order chi connectivity index (χ0) is 15.2. The van der Waals surface area contributed by atoms with Crippen molar-refractivity contribution in [3.63, 3.8) is 0 Å². The number of hydrogen-bond donors (Lipinski definition) is 1. The number of nitrogens with zero attached hydrogens (tertiary/aromatic N) is 2. The van der Waals surface area contributed by atoms with E-state index < -0.39 is 0 Å². The average molecular weight is 285 g/mol. The van der Waals surface area contributed by atoms with Gasteiger partial charge in [0, 0.05) is 17.7 Å². The van der Waals surface area contributed by atoms with E-state index in [1.807, 2.05) is 12.1 Å². The summed E-state index contributed by atoms with van der Waals surface area (Å²) < 4.78 is 5.49. The van der Waals surface area contributed by atoms with Gasteiger partial charge in [-0.2, -0.15) is 0 Å². The van der Waals surface area contributed by atoms with Crippen molar-refractivity contribution >= 4 is 5.82 Å². The highest BCUT2D eigenvalue weighted by Gasteiger charge is 2.15. The number of ether oxygens (including phenoxy) is 1. The van der Waals surface area contributed by atoms with Gasteiger partial charge in [-0.3, -0.25) is 0 Å². The summed E-state index contributed by atoms with van der Waals surface area (Å²) in [6.45, 7) is 7.26. The van der Waals surface area contributed by atoms with Crippen LogP contribution < -0.4 is 10.1 Å². The fraction of sp³-hybridized carbons (Fsp3) is 0.412. The molecule has 0 aliphatic carbocycles. The van der Waals surface area contributed by atoms with Crippen molar-refractivity contribution in [1.82, 2.24) is 9.97 Å². The molecule has 1 heterocycles. The summed E-state index contributed by atoms with van der Waals surface area (Å²) in [7, 11) is 1.69. The van der Waals surface area contributed by atoms with Gasteiger partial charge in [0.05, 0.1) is 12.8 Å². The molecule has 0 aliphatic rings. The van der Waals surface area contributed by atoms with Crippen LogP contribution in [0.5, 0.6) is 5.75 Å². The van der Waals surface area contributed by atoms with Crippen LogP contribution in [0.1, 0.15) is 31.4 Å². The molecule has 0 bridgehead atoms. The molecule has 1 aromatic carbocycles.